The van der Waals surface area contributed by atoms with Crippen molar-refractivity contribution in [2.24, 2.45) is 0 Å². The van der Waals surface area contributed by atoms with E-state index in [9.17, 15) is 0 Å². The van der Waals surface area contributed by atoms with Crippen LogP contribution in [0.2, 0.25) is 0 Å². The zero-order chi connectivity index (χ0) is 5.11. The molecule has 1 heteroatoms. The van der Waals surface area contributed by atoms with Crippen molar-refractivity contribution >= 4 is 17.4 Å². The molecular weight excluding hydrogens is 104 g/mol. The summed E-state index contributed by atoms with van der Waals surface area (Å²) in [7, 11) is 0. The van der Waals surface area contributed by atoms with Crippen LogP contribution in [0.25, 0.3) is 6.08 Å². The van der Waals surface area contributed by atoms with Crippen molar-refractivity contribution in [3.63, 3.8) is 0 Å². The maximum absolute atomic E-state index is 5.15. The van der Waals surface area contributed by atoms with Crippen LogP contribution in [0.3, 0.4) is 0 Å². The fourth-order valence-corrected chi connectivity index (χ4v) is 0.842. The molecule has 0 aliphatic rings. The summed E-state index contributed by atoms with van der Waals surface area (Å²) >= 11 is 1.59. The Hall–Kier alpha value is -0.560. The summed E-state index contributed by atoms with van der Waals surface area (Å²) in [4.78, 5) is 1.00. The van der Waals surface area contributed by atoms with E-state index in [2.05, 4.69) is 6.07 Å². The summed E-state index contributed by atoms with van der Waals surface area (Å²) in [6.07, 6.45) is 1.55. The number of hydrogen-bond acceptors (Lipinski definition) is 1. The second kappa shape index (κ2) is 1.94. The van der Waals surface area contributed by atoms with Gasteiger partial charge in [0.2, 0.25) is 0 Å². The largest absolute Gasteiger partial charge is 0.144 e. The molecule has 0 aliphatic heterocycles. The fourth-order valence-electron chi connectivity index (χ4n) is 0.345. The molecule has 0 aromatic carbocycles. The summed E-state index contributed by atoms with van der Waals surface area (Å²) in [5.41, 5.74) is 0. The molecule has 0 bridgehead atoms. The Bertz CT molecular complexity index is 139. The highest BCUT2D eigenvalue weighted by Crippen LogP contribution is 2.06. The molecule has 0 saturated heterocycles. The fraction of sp³-hybridized carbons (Fsp3) is 0. The van der Waals surface area contributed by atoms with Gasteiger partial charge >= 0.3 is 0 Å². The lowest BCUT2D eigenvalue weighted by Gasteiger charge is -1.69. The second-order valence-electron chi connectivity index (χ2n) is 1.10. The highest BCUT2D eigenvalue weighted by molar-refractivity contribution is 7.10. The molecule has 7 heavy (non-hydrogen) atoms. The van der Waals surface area contributed by atoms with Crippen molar-refractivity contribution in [1.82, 2.24) is 0 Å². The molecule has 0 N–H and O–H groups in total. The first-order valence-corrected chi connectivity index (χ1v) is 2.81. The average molecular weight is 108 g/mol. The normalized spacial score (nSPS) is 8.57. The molecule has 1 aromatic heterocycles. The predicted molar refractivity (Wildman–Crippen MR) is 31.9 cm³/mol. The predicted octanol–water partition coefficient (Wildman–Crippen LogP) is 1.99. The van der Waals surface area contributed by atoms with Gasteiger partial charge in [-0.25, -0.2) is 0 Å². The van der Waals surface area contributed by atoms with Gasteiger partial charge in [0, 0.05) is 10.9 Å². The minimum Gasteiger partial charge on any atom is -0.144 e. The Morgan fingerprint density at radius 2 is 2.71 bits per heavy atom. The van der Waals surface area contributed by atoms with Crippen LogP contribution in [-0.4, -0.2) is 0 Å². The lowest BCUT2D eigenvalue weighted by atomic mass is 10.5. The molecule has 0 nitrogen and oxygen atoms in total. The van der Waals surface area contributed by atoms with Gasteiger partial charge in [-0.15, -0.1) is 11.3 Å². The minimum atomic E-state index is 1.00. The van der Waals surface area contributed by atoms with Crippen molar-refractivity contribution in [1.29, 1.82) is 0 Å². The highest BCUT2D eigenvalue weighted by atomic mass is 32.1. The van der Waals surface area contributed by atoms with E-state index in [0.29, 0.717) is 0 Å². The van der Waals surface area contributed by atoms with Crippen LogP contribution >= 0.6 is 11.3 Å². The molecule has 0 aliphatic carbocycles. The number of hydrogen-bond donors (Lipinski definition) is 0. The molecule has 1 rings (SSSR count). The van der Waals surface area contributed by atoms with Crippen molar-refractivity contribution < 1.29 is 0 Å². The zero-order valence-electron chi connectivity index (χ0n) is 3.72. The SMILES string of the molecule is [CH]=Cc1[c]ccs1. The molecule has 0 fully saturated rings. The molecule has 0 amide bonds. The monoisotopic (exact) mass is 108 g/mol. The summed E-state index contributed by atoms with van der Waals surface area (Å²) in [5.74, 6) is 0. The first kappa shape index (κ1) is 4.60. The quantitative estimate of drug-likeness (QED) is 0.516. The molecule has 0 spiro atoms. The van der Waals surface area contributed by atoms with E-state index in [1.54, 1.807) is 17.4 Å². The Morgan fingerprint density at radius 3 is 3.00 bits per heavy atom. The second-order valence-corrected chi connectivity index (χ2v) is 2.04. The topological polar surface area (TPSA) is 0 Å². The molecule has 0 unspecified atom stereocenters. The lowest BCUT2D eigenvalue weighted by molar-refractivity contribution is 1.92. The Balaban J connectivity index is 2.96. The summed E-state index contributed by atoms with van der Waals surface area (Å²) in [5, 5.41) is 1.94. The van der Waals surface area contributed by atoms with Crippen LogP contribution in [0.1, 0.15) is 4.88 Å². The van der Waals surface area contributed by atoms with Gasteiger partial charge in [-0.3, -0.25) is 0 Å². The number of thiophene rings is 1. The van der Waals surface area contributed by atoms with Crippen LogP contribution in [0.5, 0.6) is 0 Å². The maximum Gasteiger partial charge on any atom is 0.0349 e. The van der Waals surface area contributed by atoms with E-state index >= 15 is 0 Å². The van der Waals surface area contributed by atoms with E-state index < -0.39 is 0 Å². The van der Waals surface area contributed by atoms with Gasteiger partial charge in [0.15, 0.2) is 0 Å². The first-order chi connectivity index (χ1) is 3.43. The maximum atomic E-state index is 5.15. The zero-order valence-corrected chi connectivity index (χ0v) is 4.53. The third-order valence-electron chi connectivity index (χ3n) is 0.640. The Morgan fingerprint density at radius 1 is 1.86 bits per heavy atom. The molecule has 1 heterocycles. The van der Waals surface area contributed by atoms with E-state index in [4.69, 9.17) is 6.58 Å². The highest BCUT2D eigenvalue weighted by Gasteiger charge is 1.79. The van der Waals surface area contributed by atoms with Gasteiger partial charge in [0.25, 0.3) is 0 Å². The minimum absolute atomic E-state index is 1.00. The van der Waals surface area contributed by atoms with Crippen LogP contribution in [-0.2, 0) is 0 Å². The Kier molecular flexibility index (Phi) is 1.27. The number of rotatable bonds is 1. The van der Waals surface area contributed by atoms with Gasteiger partial charge in [-0.05, 0) is 17.5 Å². The van der Waals surface area contributed by atoms with Crippen molar-refractivity contribution in [2.75, 3.05) is 0 Å². The average Bonchev–Trinajstić information content (AvgIpc) is 2.14. The van der Waals surface area contributed by atoms with Crippen LogP contribution in [0.15, 0.2) is 11.4 Å². The first-order valence-electron chi connectivity index (χ1n) is 1.93. The molecular formula is C6H4S. The van der Waals surface area contributed by atoms with Gasteiger partial charge in [-0.2, -0.15) is 0 Å². The van der Waals surface area contributed by atoms with Crippen molar-refractivity contribution in [3.8, 4) is 0 Å². The van der Waals surface area contributed by atoms with Gasteiger partial charge < -0.3 is 0 Å². The third kappa shape index (κ3) is 0.904. The summed E-state index contributed by atoms with van der Waals surface area (Å²) in [6, 6.07) is 4.78. The smallest absolute Gasteiger partial charge is 0.0349 e. The summed E-state index contributed by atoms with van der Waals surface area (Å²) < 4.78 is 0. The molecule has 34 valence electrons. The van der Waals surface area contributed by atoms with Gasteiger partial charge in [0.1, 0.15) is 0 Å². The van der Waals surface area contributed by atoms with Gasteiger partial charge in [-0.1, -0.05) is 6.58 Å². The van der Waals surface area contributed by atoms with E-state index in [1.165, 1.54) is 0 Å². The third-order valence-corrected chi connectivity index (χ3v) is 1.42. The molecule has 0 saturated carbocycles. The van der Waals surface area contributed by atoms with E-state index in [1.807, 2.05) is 11.4 Å². The van der Waals surface area contributed by atoms with Crippen LogP contribution in [0, 0.1) is 12.6 Å². The van der Waals surface area contributed by atoms with E-state index in [0.717, 1.165) is 4.88 Å². The van der Waals surface area contributed by atoms with E-state index in [-0.39, 0.29) is 0 Å². The standard InChI is InChI=1S/C6H4S/c1-2-6-4-3-5-7-6/h1-3,5H. The van der Waals surface area contributed by atoms with Crippen LogP contribution in [0.4, 0.5) is 0 Å². The molecule has 1 aromatic rings. The molecule has 0 atom stereocenters. The molecule has 2 radical (unpaired) electrons. The van der Waals surface area contributed by atoms with Gasteiger partial charge in [0.05, 0.1) is 0 Å². The van der Waals surface area contributed by atoms with Crippen LogP contribution < -0.4 is 0 Å². The van der Waals surface area contributed by atoms with Crippen molar-refractivity contribution in [3.05, 3.63) is 29.0 Å². The van der Waals surface area contributed by atoms with Crippen molar-refractivity contribution in [2.45, 2.75) is 0 Å². The lowest BCUT2D eigenvalue weighted by Crippen LogP contribution is -1.47. The Labute approximate surface area is 47.1 Å². The summed E-state index contributed by atoms with van der Waals surface area (Å²) in [6.45, 7) is 5.15.